The summed E-state index contributed by atoms with van der Waals surface area (Å²) in [6, 6.07) is 2.79. The van der Waals surface area contributed by atoms with Gasteiger partial charge in [0, 0.05) is 29.3 Å². The lowest BCUT2D eigenvalue weighted by atomic mass is 9.85. The van der Waals surface area contributed by atoms with Crippen molar-refractivity contribution in [3.63, 3.8) is 0 Å². The van der Waals surface area contributed by atoms with Gasteiger partial charge in [0.1, 0.15) is 35.5 Å². The average Bonchev–Trinajstić information content (AvgIpc) is 3.30. The zero-order valence-electron chi connectivity index (χ0n) is 15.8. The van der Waals surface area contributed by atoms with Crippen molar-refractivity contribution in [1.82, 2.24) is 15.0 Å². The molecule has 4 rings (SSSR count). The zero-order chi connectivity index (χ0) is 19.9. The fourth-order valence-electron chi connectivity index (χ4n) is 3.91. The minimum Gasteiger partial charge on any atom is -0.379 e. The fourth-order valence-corrected chi connectivity index (χ4v) is 3.91. The molecule has 0 radical (unpaired) electrons. The van der Waals surface area contributed by atoms with Crippen LogP contribution in [0.3, 0.4) is 0 Å². The monoisotopic (exact) mass is 391 g/mol. The first-order valence-electron chi connectivity index (χ1n) is 9.22. The summed E-state index contributed by atoms with van der Waals surface area (Å²) in [7, 11) is 0. The highest BCUT2D eigenvalue weighted by Gasteiger charge is 2.46. The van der Waals surface area contributed by atoms with E-state index in [1.165, 1.54) is 18.7 Å². The van der Waals surface area contributed by atoms with Gasteiger partial charge in [0.05, 0.1) is 6.54 Å². The number of nitrogens with zero attached hydrogens (tertiary/aromatic N) is 6. The molecule has 0 spiro atoms. The maximum Gasteiger partial charge on any atom is 0.306 e. The molecule has 0 bridgehead atoms. The summed E-state index contributed by atoms with van der Waals surface area (Å²) < 4.78 is 31.6. The first kappa shape index (κ1) is 18.8. The summed E-state index contributed by atoms with van der Waals surface area (Å²) >= 11 is 0. The molecule has 8 nitrogen and oxygen atoms in total. The second-order valence-electron chi connectivity index (χ2n) is 7.34. The van der Waals surface area contributed by atoms with E-state index in [1.54, 1.807) is 4.68 Å². The number of aliphatic hydroxyl groups is 1. The Balaban J connectivity index is 1.69. The lowest BCUT2D eigenvalue weighted by molar-refractivity contribution is -0.765. The Morgan fingerprint density at radius 3 is 2.96 bits per heavy atom. The smallest absolute Gasteiger partial charge is 0.306 e. The Kier molecular flexibility index (Phi) is 4.76. The normalized spacial score (nSPS) is 23.0. The molecule has 0 fully saturated rings. The summed E-state index contributed by atoms with van der Waals surface area (Å²) in [5.74, 6) is -1.46. The molecule has 2 aliphatic rings. The number of benzene rings is 1. The van der Waals surface area contributed by atoms with Gasteiger partial charge in [0.2, 0.25) is 12.4 Å². The number of rotatable bonds is 5. The standard InChI is InChI=1S/C18H22F2N7O/c1-12-17-8-25(5-6-27(17)24-23-12)13(2)18(28,9-26-11-21-10-22-26)15-4-3-14(19)7-16(15)20/h3-4,7,10-13,28H,5-6,8-9H2,1-2H3/q+1/p+1/t12?,13-,18-/m1/s1. The van der Waals surface area contributed by atoms with Crippen LogP contribution < -0.4 is 4.68 Å². The van der Waals surface area contributed by atoms with E-state index >= 15 is 0 Å². The van der Waals surface area contributed by atoms with Crippen LogP contribution in [-0.4, -0.2) is 62.2 Å². The second-order valence-corrected chi connectivity index (χ2v) is 7.34. The van der Waals surface area contributed by atoms with Crippen LogP contribution in [0.4, 0.5) is 8.78 Å². The first-order valence-corrected chi connectivity index (χ1v) is 9.22. The third kappa shape index (κ3) is 3.22. The van der Waals surface area contributed by atoms with E-state index < -0.39 is 23.3 Å². The van der Waals surface area contributed by atoms with Gasteiger partial charge in [-0.2, -0.15) is 9.78 Å². The van der Waals surface area contributed by atoms with Crippen molar-refractivity contribution in [1.29, 1.82) is 0 Å². The Morgan fingerprint density at radius 2 is 2.25 bits per heavy atom. The van der Waals surface area contributed by atoms with E-state index in [0.717, 1.165) is 17.8 Å². The fraction of sp³-hybridized carbons (Fsp3) is 0.500. The van der Waals surface area contributed by atoms with Crippen molar-refractivity contribution < 1.29 is 23.3 Å². The Bertz CT molecular complexity index is 930. The lowest BCUT2D eigenvalue weighted by Crippen LogP contribution is -2.60. The van der Waals surface area contributed by atoms with Crippen molar-refractivity contribution in [2.75, 3.05) is 19.6 Å². The van der Waals surface area contributed by atoms with E-state index in [0.29, 0.717) is 19.6 Å². The molecule has 1 aromatic heterocycles. The predicted octanol–water partition coefficient (Wildman–Crippen LogP) is 0.790. The van der Waals surface area contributed by atoms with Gasteiger partial charge in [-0.15, -0.1) is 4.68 Å². The molecule has 0 amide bonds. The zero-order valence-corrected chi connectivity index (χ0v) is 15.8. The van der Waals surface area contributed by atoms with Gasteiger partial charge in [-0.25, -0.2) is 8.78 Å². The van der Waals surface area contributed by atoms with E-state index in [2.05, 4.69) is 25.3 Å². The van der Waals surface area contributed by atoms with Gasteiger partial charge in [-0.3, -0.25) is 4.90 Å². The molecule has 1 unspecified atom stereocenters. The van der Waals surface area contributed by atoms with Crippen molar-refractivity contribution in [3.05, 3.63) is 48.1 Å². The van der Waals surface area contributed by atoms with Crippen LogP contribution in [0.25, 0.3) is 0 Å². The Labute approximate surface area is 160 Å². The largest absolute Gasteiger partial charge is 0.379 e. The Hall–Kier alpha value is -2.59. The molecule has 2 aliphatic heterocycles. The van der Waals surface area contributed by atoms with Crippen molar-refractivity contribution in [2.45, 2.75) is 38.1 Å². The van der Waals surface area contributed by atoms with Gasteiger partial charge in [-0.05, 0) is 24.9 Å². The summed E-state index contributed by atoms with van der Waals surface area (Å²) in [4.78, 5) is 6.04. The third-order valence-electron chi connectivity index (χ3n) is 5.66. The highest BCUT2D eigenvalue weighted by molar-refractivity contribution is 5.87. The number of nitrogens with one attached hydrogen (secondary N) is 1. The predicted molar refractivity (Wildman–Crippen MR) is 94.5 cm³/mol. The van der Waals surface area contributed by atoms with Gasteiger partial charge in [0.15, 0.2) is 5.71 Å². The van der Waals surface area contributed by atoms with Crippen LogP contribution in [-0.2, 0) is 12.1 Å². The molecule has 0 aliphatic carbocycles. The number of H-pyrrole nitrogens is 1. The van der Waals surface area contributed by atoms with Gasteiger partial charge in [0.25, 0.3) is 0 Å². The van der Waals surface area contributed by atoms with Crippen LogP contribution >= 0.6 is 0 Å². The minimum atomic E-state index is -1.62. The first-order chi connectivity index (χ1) is 13.4. The molecule has 10 heteroatoms. The molecule has 3 atom stereocenters. The maximum absolute atomic E-state index is 14.7. The third-order valence-corrected chi connectivity index (χ3v) is 5.66. The van der Waals surface area contributed by atoms with E-state index in [4.69, 9.17) is 0 Å². The van der Waals surface area contributed by atoms with Crippen molar-refractivity contribution in [2.24, 2.45) is 10.3 Å². The number of hydrogen-bond acceptors (Lipinski definition) is 5. The molecule has 2 N–H and O–H groups in total. The lowest BCUT2D eigenvalue weighted by Gasteiger charge is -2.41. The van der Waals surface area contributed by atoms with Crippen molar-refractivity contribution >= 4 is 5.71 Å². The van der Waals surface area contributed by atoms with E-state index in [1.807, 2.05) is 18.5 Å². The van der Waals surface area contributed by atoms with Crippen LogP contribution in [0.2, 0.25) is 0 Å². The van der Waals surface area contributed by atoms with Gasteiger partial charge < -0.3 is 5.11 Å². The highest BCUT2D eigenvalue weighted by Crippen LogP contribution is 2.32. The molecular formula is C18H23F2N7O+2. The van der Waals surface area contributed by atoms with Crippen LogP contribution in [0.1, 0.15) is 19.4 Å². The quantitative estimate of drug-likeness (QED) is 0.740. The second kappa shape index (κ2) is 7.10. The van der Waals surface area contributed by atoms with E-state index in [-0.39, 0.29) is 18.2 Å². The maximum atomic E-state index is 14.7. The minimum absolute atomic E-state index is 0.0207. The number of aromatic amines is 1. The Morgan fingerprint density at radius 1 is 1.43 bits per heavy atom. The SMILES string of the molecule is CC1N=N[N+]2=C1CN([C@H](C)[C@](O)(C[n+]1cnc[nH]1)c1ccc(F)cc1F)CC2. The van der Waals surface area contributed by atoms with Gasteiger partial charge in [-0.1, -0.05) is 6.07 Å². The van der Waals surface area contributed by atoms with Crippen LogP contribution in [0.15, 0.2) is 41.2 Å². The highest BCUT2D eigenvalue weighted by atomic mass is 19.1. The summed E-state index contributed by atoms with van der Waals surface area (Å²) in [6.45, 7) is 5.70. The topological polar surface area (TPSA) is 83.8 Å². The van der Waals surface area contributed by atoms with Crippen molar-refractivity contribution in [3.8, 4) is 0 Å². The molecule has 3 heterocycles. The molecule has 0 saturated carbocycles. The van der Waals surface area contributed by atoms with Crippen LogP contribution in [0, 0.1) is 11.6 Å². The molecule has 2 aromatic rings. The molecular weight excluding hydrogens is 368 g/mol. The van der Waals surface area contributed by atoms with E-state index in [9.17, 15) is 13.9 Å². The number of aromatic nitrogens is 3. The molecule has 0 saturated heterocycles. The summed E-state index contributed by atoms with van der Waals surface area (Å²) in [5, 5.41) is 22.9. The summed E-state index contributed by atoms with van der Waals surface area (Å²) in [6.07, 6.45) is 2.99. The van der Waals surface area contributed by atoms with Gasteiger partial charge >= 0.3 is 6.33 Å². The molecule has 1 aromatic carbocycles. The summed E-state index contributed by atoms with van der Waals surface area (Å²) in [5.41, 5.74) is -0.521. The number of hydrogen-bond donors (Lipinski definition) is 2. The van der Waals surface area contributed by atoms with Crippen LogP contribution in [0.5, 0.6) is 0 Å². The molecule has 148 valence electrons. The number of halogens is 2. The average molecular weight is 391 g/mol. The molecule has 28 heavy (non-hydrogen) atoms.